The Morgan fingerprint density at radius 1 is 1.32 bits per heavy atom. The summed E-state index contributed by atoms with van der Waals surface area (Å²) in [6.07, 6.45) is 0.808. The molecule has 1 atom stereocenters. The lowest BCUT2D eigenvalue weighted by atomic mass is 10.00. The average molecular weight is 298 g/mol. The lowest BCUT2D eigenvalue weighted by Crippen LogP contribution is -2.18. The molecule has 0 fully saturated rings. The van der Waals surface area contributed by atoms with Crippen molar-refractivity contribution in [1.29, 1.82) is 0 Å². The smallest absolute Gasteiger partial charge is 0.123 e. The zero-order chi connectivity index (χ0) is 14.0. The summed E-state index contributed by atoms with van der Waals surface area (Å²) in [4.78, 5) is 1.14. The summed E-state index contributed by atoms with van der Waals surface area (Å²) in [5.41, 5.74) is 3.23. The van der Waals surface area contributed by atoms with Gasteiger partial charge in [0, 0.05) is 10.9 Å². The molecule has 0 aliphatic rings. The van der Waals surface area contributed by atoms with E-state index in [1.807, 2.05) is 27.0 Å². The molecule has 1 heterocycles. The summed E-state index contributed by atoms with van der Waals surface area (Å²) in [5.74, 6) is -0.188. The summed E-state index contributed by atoms with van der Waals surface area (Å²) in [7, 11) is 1.93. The Kier molecular flexibility index (Phi) is 4.61. The van der Waals surface area contributed by atoms with Crippen LogP contribution in [0.2, 0.25) is 5.02 Å². The van der Waals surface area contributed by atoms with Gasteiger partial charge in [0.15, 0.2) is 0 Å². The van der Waals surface area contributed by atoms with E-state index in [0.29, 0.717) is 0 Å². The van der Waals surface area contributed by atoms with Gasteiger partial charge < -0.3 is 5.32 Å². The molecule has 0 radical (unpaired) electrons. The third-order valence-corrected chi connectivity index (χ3v) is 5.15. The van der Waals surface area contributed by atoms with Gasteiger partial charge in [0.1, 0.15) is 5.82 Å². The molecule has 1 aromatic heterocycles. The van der Waals surface area contributed by atoms with Gasteiger partial charge >= 0.3 is 0 Å². The fourth-order valence-corrected chi connectivity index (χ4v) is 3.55. The van der Waals surface area contributed by atoms with Gasteiger partial charge in [-0.15, -0.1) is 11.3 Å². The molecule has 1 N–H and O–H groups in total. The van der Waals surface area contributed by atoms with Crippen LogP contribution in [0.1, 0.15) is 27.6 Å². The van der Waals surface area contributed by atoms with Gasteiger partial charge in [-0.2, -0.15) is 0 Å². The molecular weight excluding hydrogens is 281 g/mol. The summed E-state index contributed by atoms with van der Waals surface area (Å²) in [6, 6.07) is 5.10. The lowest BCUT2D eigenvalue weighted by Gasteiger charge is -2.17. The van der Waals surface area contributed by atoms with E-state index < -0.39 is 0 Å². The fraction of sp³-hybridized carbons (Fsp3) is 0.333. The molecule has 102 valence electrons. The number of nitrogens with one attached hydrogen (secondary N) is 1. The van der Waals surface area contributed by atoms with Crippen LogP contribution in [-0.2, 0) is 6.42 Å². The number of hydrogen-bond acceptors (Lipinski definition) is 2. The Morgan fingerprint density at radius 2 is 2.05 bits per heavy atom. The molecule has 2 rings (SSSR count). The van der Waals surface area contributed by atoms with Crippen molar-refractivity contribution in [2.75, 3.05) is 7.05 Å². The Hall–Kier alpha value is -0.900. The molecule has 4 heteroatoms. The molecule has 0 saturated heterocycles. The van der Waals surface area contributed by atoms with Crippen molar-refractivity contribution in [1.82, 2.24) is 5.32 Å². The molecule has 0 spiro atoms. The first kappa shape index (κ1) is 14.5. The van der Waals surface area contributed by atoms with Crippen molar-refractivity contribution in [3.63, 3.8) is 0 Å². The highest BCUT2D eigenvalue weighted by Gasteiger charge is 2.17. The predicted octanol–water partition coefficient (Wildman–Crippen LogP) is 4.66. The van der Waals surface area contributed by atoms with Crippen LogP contribution < -0.4 is 5.32 Å². The van der Waals surface area contributed by atoms with Gasteiger partial charge in [0.2, 0.25) is 0 Å². The maximum absolute atomic E-state index is 13.1. The van der Waals surface area contributed by atoms with Crippen molar-refractivity contribution in [3.8, 4) is 0 Å². The van der Waals surface area contributed by atoms with Crippen LogP contribution >= 0.6 is 22.9 Å². The largest absolute Gasteiger partial charge is 0.312 e. The van der Waals surface area contributed by atoms with Crippen molar-refractivity contribution < 1.29 is 4.39 Å². The van der Waals surface area contributed by atoms with Gasteiger partial charge in [-0.25, -0.2) is 4.39 Å². The fourth-order valence-electron chi connectivity index (χ4n) is 2.12. The second-order valence-corrected chi connectivity index (χ2v) is 6.00. The van der Waals surface area contributed by atoms with E-state index in [4.69, 9.17) is 11.6 Å². The van der Waals surface area contributed by atoms with E-state index in [9.17, 15) is 4.39 Å². The van der Waals surface area contributed by atoms with Crippen LogP contribution in [-0.4, -0.2) is 7.05 Å². The minimum Gasteiger partial charge on any atom is -0.312 e. The molecular formula is C15H17ClFNS. The number of halogens is 2. The van der Waals surface area contributed by atoms with Crippen molar-refractivity contribution in [2.45, 2.75) is 26.3 Å². The number of hydrogen-bond donors (Lipinski definition) is 1. The zero-order valence-corrected chi connectivity index (χ0v) is 12.8. The molecule has 1 aromatic carbocycles. The summed E-state index contributed by atoms with van der Waals surface area (Å²) in [5, 5.41) is 6.20. The minimum atomic E-state index is -0.188. The number of thiophene rings is 1. The maximum atomic E-state index is 13.1. The highest BCUT2D eigenvalue weighted by atomic mass is 35.5. The second-order valence-electron chi connectivity index (χ2n) is 4.71. The first-order chi connectivity index (χ1) is 9.02. The topological polar surface area (TPSA) is 12.0 Å². The van der Waals surface area contributed by atoms with Crippen molar-refractivity contribution >= 4 is 22.9 Å². The lowest BCUT2D eigenvalue weighted by molar-refractivity contribution is 0.595. The molecule has 0 aliphatic heterocycles. The van der Waals surface area contributed by atoms with Crippen LogP contribution in [0.3, 0.4) is 0 Å². The standard InChI is InChI=1S/C15H17ClFNS/c1-9-6-12(17)5-4-11(9)7-13(18-3)15-14(16)10(2)8-19-15/h4-6,8,13,18H,7H2,1-3H3. The Bertz CT molecular complexity index is 580. The van der Waals surface area contributed by atoms with Gasteiger partial charge in [-0.05, 0) is 61.5 Å². The van der Waals surface area contributed by atoms with Crippen LogP contribution in [0.4, 0.5) is 4.39 Å². The van der Waals surface area contributed by atoms with E-state index in [-0.39, 0.29) is 11.9 Å². The maximum Gasteiger partial charge on any atom is 0.123 e. The molecule has 19 heavy (non-hydrogen) atoms. The van der Waals surface area contributed by atoms with E-state index >= 15 is 0 Å². The summed E-state index contributed by atoms with van der Waals surface area (Å²) >= 11 is 7.99. The van der Waals surface area contributed by atoms with Crippen LogP contribution in [0.15, 0.2) is 23.6 Å². The number of benzene rings is 1. The Balaban J connectivity index is 2.26. The molecule has 0 saturated carbocycles. The predicted molar refractivity (Wildman–Crippen MR) is 80.7 cm³/mol. The first-order valence-electron chi connectivity index (χ1n) is 6.18. The summed E-state index contributed by atoms with van der Waals surface area (Å²) < 4.78 is 13.1. The minimum absolute atomic E-state index is 0.162. The van der Waals surface area contributed by atoms with E-state index in [0.717, 1.165) is 33.0 Å². The molecule has 1 nitrogen and oxygen atoms in total. The van der Waals surface area contributed by atoms with Crippen LogP contribution in [0.5, 0.6) is 0 Å². The van der Waals surface area contributed by atoms with E-state index in [1.54, 1.807) is 17.4 Å². The van der Waals surface area contributed by atoms with Crippen molar-refractivity contribution in [2.24, 2.45) is 0 Å². The highest BCUT2D eigenvalue weighted by Crippen LogP contribution is 2.34. The number of rotatable bonds is 4. The van der Waals surface area contributed by atoms with Crippen molar-refractivity contribution in [3.05, 3.63) is 56.0 Å². The van der Waals surface area contributed by atoms with Crippen LogP contribution in [0.25, 0.3) is 0 Å². The van der Waals surface area contributed by atoms with Gasteiger partial charge in [0.05, 0.1) is 5.02 Å². The quantitative estimate of drug-likeness (QED) is 0.865. The van der Waals surface area contributed by atoms with E-state index in [1.165, 1.54) is 6.07 Å². The van der Waals surface area contributed by atoms with E-state index in [2.05, 4.69) is 10.7 Å². The van der Waals surface area contributed by atoms with Gasteiger partial charge in [-0.1, -0.05) is 17.7 Å². The molecule has 0 bridgehead atoms. The Morgan fingerprint density at radius 3 is 2.58 bits per heavy atom. The Labute approximate surface area is 122 Å². The molecule has 1 unspecified atom stereocenters. The normalized spacial score (nSPS) is 12.7. The zero-order valence-electron chi connectivity index (χ0n) is 11.3. The molecule has 2 aromatic rings. The average Bonchev–Trinajstić information content (AvgIpc) is 2.70. The monoisotopic (exact) mass is 297 g/mol. The highest BCUT2D eigenvalue weighted by molar-refractivity contribution is 7.10. The third-order valence-electron chi connectivity index (χ3n) is 3.32. The molecule has 0 aliphatic carbocycles. The van der Waals surface area contributed by atoms with Gasteiger partial charge in [-0.3, -0.25) is 0 Å². The SMILES string of the molecule is CNC(Cc1ccc(F)cc1C)c1scc(C)c1Cl. The third kappa shape index (κ3) is 3.16. The number of aryl methyl sites for hydroxylation is 2. The summed E-state index contributed by atoms with van der Waals surface area (Å²) in [6.45, 7) is 3.95. The molecule has 0 amide bonds. The van der Waals surface area contributed by atoms with Crippen LogP contribution in [0, 0.1) is 19.7 Å². The number of likely N-dealkylation sites (N-methyl/N-ethyl adjacent to an activating group) is 1. The van der Waals surface area contributed by atoms with Gasteiger partial charge in [0.25, 0.3) is 0 Å². The second kappa shape index (κ2) is 6.04. The first-order valence-corrected chi connectivity index (χ1v) is 7.44.